The lowest BCUT2D eigenvalue weighted by molar-refractivity contribution is 0.0554. The average molecular weight is 297 g/mol. The molecule has 0 saturated heterocycles. The number of hydrogen-bond acceptors (Lipinski definition) is 4. The minimum absolute atomic E-state index is 0.0335. The quantitative estimate of drug-likeness (QED) is 0.694. The molecule has 0 spiro atoms. The van der Waals surface area contributed by atoms with Crippen molar-refractivity contribution < 1.29 is 14.3 Å². The Labute approximate surface area is 127 Å². The van der Waals surface area contributed by atoms with Gasteiger partial charge in [-0.2, -0.15) is 0 Å². The highest BCUT2D eigenvalue weighted by Gasteiger charge is 2.10. The standard InChI is InChI=1S/C17H15NO4/c1-12-8-9-15(16(19)18-12)17(20)22-10-4-6-13-5-3-7-14(11-13)21-2/h3,5,7-9,11H,10H2,1-2H3,(H,18,19). The highest BCUT2D eigenvalue weighted by Crippen LogP contribution is 2.11. The molecule has 0 aliphatic heterocycles. The molecule has 0 bridgehead atoms. The molecule has 0 aliphatic rings. The molecular formula is C17H15NO4. The van der Waals surface area contributed by atoms with Crippen LogP contribution in [0.4, 0.5) is 0 Å². The van der Waals surface area contributed by atoms with Gasteiger partial charge in [0.25, 0.3) is 5.56 Å². The topological polar surface area (TPSA) is 68.4 Å². The van der Waals surface area contributed by atoms with Gasteiger partial charge in [0.05, 0.1) is 7.11 Å². The smallest absolute Gasteiger partial charge is 0.344 e. The lowest BCUT2D eigenvalue weighted by Gasteiger charge is -2.00. The van der Waals surface area contributed by atoms with Gasteiger partial charge in [-0.3, -0.25) is 4.79 Å². The minimum Gasteiger partial charge on any atom is -0.497 e. The Balaban J connectivity index is 1.97. The molecule has 0 atom stereocenters. The second-order valence-electron chi connectivity index (χ2n) is 4.49. The molecule has 0 radical (unpaired) electrons. The molecule has 1 N–H and O–H groups in total. The second kappa shape index (κ2) is 7.14. The van der Waals surface area contributed by atoms with Crippen molar-refractivity contribution >= 4 is 5.97 Å². The van der Waals surface area contributed by atoms with E-state index < -0.39 is 11.5 Å². The number of methoxy groups -OCH3 is 1. The zero-order valence-electron chi connectivity index (χ0n) is 12.3. The van der Waals surface area contributed by atoms with Gasteiger partial charge in [0, 0.05) is 11.3 Å². The van der Waals surface area contributed by atoms with Crippen LogP contribution in [0.1, 0.15) is 21.6 Å². The fourth-order valence-electron chi connectivity index (χ4n) is 1.75. The van der Waals surface area contributed by atoms with Crippen LogP contribution in [-0.2, 0) is 4.74 Å². The van der Waals surface area contributed by atoms with E-state index in [0.717, 1.165) is 5.56 Å². The van der Waals surface area contributed by atoms with Gasteiger partial charge in [0.15, 0.2) is 6.61 Å². The summed E-state index contributed by atoms with van der Waals surface area (Å²) in [7, 11) is 1.58. The normalized spacial score (nSPS) is 9.55. The van der Waals surface area contributed by atoms with Crippen molar-refractivity contribution in [1.82, 2.24) is 4.98 Å². The Morgan fingerprint density at radius 3 is 2.82 bits per heavy atom. The van der Waals surface area contributed by atoms with Crippen LogP contribution in [0.2, 0.25) is 0 Å². The number of carbonyl (C=O) groups is 1. The number of hydrogen-bond donors (Lipinski definition) is 1. The number of aromatic nitrogens is 1. The number of nitrogens with one attached hydrogen (secondary N) is 1. The first-order chi connectivity index (χ1) is 10.6. The first-order valence-electron chi connectivity index (χ1n) is 6.60. The molecule has 0 unspecified atom stereocenters. The van der Waals surface area contributed by atoms with Crippen molar-refractivity contribution in [3.05, 3.63) is 63.6 Å². The molecule has 1 heterocycles. The lowest BCUT2D eigenvalue weighted by atomic mass is 10.2. The van der Waals surface area contributed by atoms with Gasteiger partial charge in [-0.1, -0.05) is 17.9 Å². The molecule has 0 saturated carbocycles. The Kier molecular flexibility index (Phi) is 4.99. The number of benzene rings is 1. The summed E-state index contributed by atoms with van der Waals surface area (Å²) in [4.78, 5) is 25.9. The highest BCUT2D eigenvalue weighted by atomic mass is 16.5. The largest absolute Gasteiger partial charge is 0.497 e. The molecule has 5 nitrogen and oxygen atoms in total. The average Bonchev–Trinajstić information content (AvgIpc) is 2.51. The molecule has 0 amide bonds. The Morgan fingerprint density at radius 2 is 2.09 bits per heavy atom. The summed E-state index contributed by atoms with van der Waals surface area (Å²) in [5, 5.41) is 0. The predicted molar refractivity (Wildman–Crippen MR) is 82.0 cm³/mol. The second-order valence-corrected chi connectivity index (χ2v) is 4.49. The van der Waals surface area contributed by atoms with Crippen molar-refractivity contribution in [3.63, 3.8) is 0 Å². The Bertz CT molecular complexity index is 796. The highest BCUT2D eigenvalue weighted by molar-refractivity contribution is 5.89. The first-order valence-corrected chi connectivity index (χ1v) is 6.60. The molecule has 112 valence electrons. The van der Waals surface area contributed by atoms with E-state index in [4.69, 9.17) is 9.47 Å². The summed E-state index contributed by atoms with van der Waals surface area (Å²) in [6.45, 7) is 1.64. The van der Waals surface area contributed by atoms with Crippen molar-refractivity contribution in [3.8, 4) is 17.6 Å². The fraction of sp³-hybridized carbons (Fsp3) is 0.176. The van der Waals surface area contributed by atoms with Crippen LogP contribution in [0.15, 0.2) is 41.2 Å². The summed E-state index contributed by atoms with van der Waals surface area (Å²) >= 11 is 0. The molecule has 2 aromatic rings. The van der Waals surface area contributed by atoms with Crippen LogP contribution in [0.5, 0.6) is 5.75 Å². The van der Waals surface area contributed by atoms with Gasteiger partial charge in [-0.25, -0.2) is 4.79 Å². The van der Waals surface area contributed by atoms with Crippen LogP contribution in [-0.4, -0.2) is 24.7 Å². The van der Waals surface area contributed by atoms with E-state index in [1.165, 1.54) is 6.07 Å². The molecule has 5 heteroatoms. The number of esters is 1. The molecule has 0 aliphatic carbocycles. The maximum absolute atomic E-state index is 11.8. The third-order valence-electron chi connectivity index (χ3n) is 2.85. The van der Waals surface area contributed by atoms with Crippen molar-refractivity contribution in [2.75, 3.05) is 13.7 Å². The van der Waals surface area contributed by atoms with E-state index in [0.29, 0.717) is 11.4 Å². The summed E-state index contributed by atoms with van der Waals surface area (Å²) in [5.41, 5.74) is 0.933. The van der Waals surface area contributed by atoms with Crippen molar-refractivity contribution in [2.45, 2.75) is 6.92 Å². The number of ether oxygens (including phenoxy) is 2. The number of pyridine rings is 1. The Morgan fingerprint density at radius 1 is 1.27 bits per heavy atom. The summed E-state index contributed by atoms with van der Waals surface area (Å²) < 4.78 is 10.1. The number of carbonyl (C=O) groups excluding carboxylic acids is 1. The van der Waals surface area contributed by atoms with E-state index in [9.17, 15) is 9.59 Å². The van der Waals surface area contributed by atoms with E-state index in [2.05, 4.69) is 16.8 Å². The van der Waals surface area contributed by atoms with E-state index in [1.54, 1.807) is 26.2 Å². The number of H-pyrrole nitrogens is 1. The predicted octanol–water partition coefficient (Wildman–Crippen LogP) is 1.90. The van der Waals surface area contributed by atoms with Gasteiger partial charge in [-0.05, 0) is 37.3 Å². The zero-order valence-corrected chi connectivity index (χ0v) is 12.3. The molecular weight excluding hydrogens is 282 g/mol. The molecule has 1 aromatic heterocycles. The maximum atomic E-state index is 11.8. The summed E-state index contributed by atoms with van der Waals surface area (Å²) in [5.74, 6) is 5.59. The van der Waals surface area contributed by atoms with E-state index in [-0.39, 0.29) is 12.2 Å². The van der Waals surface area contributed by atoms with Gasteiger partial charge in [0.2, 0.25) is 0 Å². The Hall–Kier alpha value is -3.00. The van der Waals surface area contributed by atoms with Gasteiger partial charge in [-0.15, -0.1) is 0 Å². The molecule has 2 rings (SSSR count). The van der Waals surface area contributed by atoms with Gasteiger partial charge in [0.1, 0.15) is 11.3 Å². The third kappa shape index (κ3) is 4.00. The van der Waals surface area contributed by atoms with Crippen LogP contribution in [0.3, 0.4) is 0 Å². The molecule has 1 aromatic carbocycles. The minimum atomic E-state index is -0.693. The van der Waals surface area contributed by atoms with Crippen molar-refractivity contribution in [2.24, 2.45) is 0 Å². The van der Waals surface area contributed by atoms with Crippen molar-refractivity contribution in [1.29, 1.82) is 0 Å². The van der Waals surface area contributed by atoms with Gasteiger partial charge < -0.3 is 14.5 Å². The number of aryl methyl sites for hydroxylation is 1. The van der Waals surface area contributed by atoms with E-state index >= 15 is 0 Å². The number of aromatic amines is 1. The first kappa shape index (κ1) is 15.4. The molecule has 0 fully saturated rings. The fourth-order valence-corrected chi connectivity index (χ4v) is 1.75. The third-order valence-corrected chi connectivity index (χ3v) is 2.85. The molecule has 22 heavy (non-hydrogen) atoms. The zero-order chi connectivity index (χ0) is 15.9. The maximum Gasteiger partial charge on any atom is 0.344 e. The summed E-state index contributed by atoms with van der Waals surface area (Å²) in [6, 6.07) is 10.3. The van der Waals surface area contributed by atoms with Gasteiger partial charge >= 0.3 is 5.97 Å². The van der Waals surface area contributed by atoms with Crippen LogP contribution in [0, 0.1) is 18.8 Å². The SMILES string of the molecule is COc1cccc(C#CCOC(=O)c2ccc(C)[nH]c2=O)c1. The van der Waals surface area contributed by atoms with E-state index in [1.807, 2.05) is 18.2 Å². The lowest BCUT2D eigenvalue weighted by Crippen LogP contribution is -2.20. The van der Waals surface area contributed by atoms with Crippen LogP contribution < -0.4 is 10.3 Å². The van der Waals surface area contributed by atoms with Crippen LogP contribution >= 0.6 is 0 Å². The summed E-state index contributed by atoms with van der Waals surface area (Å²) in [6.07, 6.45) is 0. The van der Waals surface area contributed by atoms with Crippen LogP contribution in [0.25, 0.3) is 0 Å². The monoisotopic (exact) mass is 297 g/mol. The number of rotatable bonds is 3.